The average Bonchev–Trinajstić information content (AvgIpc) is 3.00. The van der Waals surface area contributed by atoms with Gasteiger partial charge in [0, 0.05) is 25.0 Å². The van der Waals surface area contributed by atoms with E-state index in [1.807, 2.05) is 48.9 Å². The van der Waals surface area contributed by atoms with Crippen LogP contribution in [0.15, 0.2) is 53.5 Å². The highest BCUT2D eigenvalue weighted by atomic mass is 127. The van der Waals surface area contributed by atoms with Gasteiger partial charge in [0.2, 0.25) is 0 Å². The first-order valence-corrected chi connectivity index (χ1v) is 9.05. The lowest BCUT2D eigenvalue weighted by Gasteiger charge is -2.15. The van der Waals surface area contributed by atoms with Gasteiger partial charge in [0.25, 0.3) is 0 Å². The highest BCUT2D eigenvalue weighted by Gasteiger charge is 2.09. The second kappa shape index (κ2) is 10.2. The minimum atomic E-state index is 0. The molecule has 2 N–H and O–H groups in total. The summed E-state index contributed by atoms with van der Waals surface area (Å²) in [5.74, 6) is 0.737. The predicted octanol–water partition coefficient (Wildman–Crippen LogP) is 3.68. The van der Waals surface area contributed by atoms with Gasteiger partial charge < -0.3 is 10.6 Å². The van der Waals surface area contributed by atoms with Crippen LogP contribution < -0.4 is 10.6 Å². The fourth-order valence-corrected chi connectivity index (χ4v) is 3.01. The molecule has 0 aliphatic carbocycles. The number of nitrogens with zero attached hydrogens (tertiary/aromatic N) is 4. The second-order valence-electron chi connectivity index (χ2n) is 6.52. The minimum Gasteiger partial charge on any atom is -0.352 e. The average molecular weight is 490 g/mol. The van der Waals surface area contributed by atoms with Crippen molar-refractivity contribution in [3.63, 3.8) is 0 Å². The van der Waals surface area contributed by atoms with Crippen LogP contribution in [0.4, 0.5) is 0 Å². The maximum Gasteiger partial charge on any atom is 0.191 e. The van der Waals surface area contributed by atoms with Crippen molar-refractivity contribution < 1.29 is 0 Å². The Balaban J connectivity index is 0.00000280. The van der Waals surface area contributed by atoms with Crippen LogP contribution in [0.2, 0.25) is 0 Å². The summed E-state index contributed by atoms with van der Waals surface area (Å²) in [5, 5.41) is 11.3. The third kappa shape index (κ3) is 5.54. The smallest absolute Gasteiger partial charge is 0.191 e. The van der Waals surface area contributed by atoms with Crippen molar-refractivity contribution in [2.75, 3.05) is 7.05 Å². The number of pyridine rings is 1. The van der Waals surface area contributed by atoms with Crippen molar-refractivity contribution in [1.29, 1.82) is 0 Å². The van der Waals surface area contributed by atoms with E-state index in [2.05, 4.69) is 50.8 Å². The second-order valence-corrected chi connectivity index (χ2v) is 6.52. The van der Waals surface area contributed by atoms with Crippen LogP contribution in [-0.2, 0) is 13.1 Å². The van der Waals surface area contributed by atoms with Crippen LogP contribution in [0.1, 0.15) is 28.3 Å². The number of halogens is 1. The fraction of sp³-hybridized carbons (Fsp3) is 0.286. The van der Waals surface area contributed by atoms with Crippen molar-refractivity contribution in [1.82, 2.24) is 25.4 Å². The molecule has 148 valence electrons. The number of aryl methyl sites for hydroxylation is 3. The van der Waals surface area contributed by atoms with E-state index in [1.54, 1.807) is 7.05 Å². The summed E-state index contributed by atoms with van der Waals surface area (Å²) in [6.45, 7) is 7.34. The largest absolute Gasteiger partial charge is 0.352 e. The molecule has 3 aromatic rings. The molecule has 0 radical (unpaired) electrons. The molecular weight excluding hydrogens is 463 g/mol. The molecule has 0 saturated heterocycles. The molecule has 2 heterocycles. The number of aliphatic imine (C=N–C) groups is 1. The van der Waals surface area contributed by atoms with E-state index >= 15 is 0 Å². The Morgan fingerprint density at radius 3 is 2.39 bits per heavy atom. The molecule has 28 heavy (non-hydrogen) atoms. The van der Waals surface area contributed by atoms with Gasteiger partial charge in [-0.1, -0.05) is 24.3 Å². The van der Waals surface area contributed by atoms with Gasteiger partial charge in [0.15, 0.2) is 5.96 Å². The molecule has 0 saturated carbocycles. The Labute approximate surface area is 183 Å². The van der Waals surface area contributed by atoms with Crippen LogP contribution in [0.25, 0.3) is 5.69 Å². The van der Waals surface area contributed by atoms with E-state index in [-0.39, 0.29) is 24.0 Å². The lowest BCUT2D eigenvalue weighted by atomic mass is 10.1. The first kappa shape index (κ1) is 21.9. The molecule has 0 aliphatic heterocycles. The molecule has 2 aromatic heterocycles. The number of hydrogen-bond acceptors (Lipinski definition) is 3. The van der Waals surface area contributed by atoms with Crippen molar-refractivity contribution in [2.24, 2.45) is 4.99 Å². The molecule has 7 heteroatoms. The third-order valence-electron chi connectivity index (χ3n) is 4.28. The van der Waals surface area contributed by atoms with Gasteiger partial charge in [-0.3, -0.25) is 9.98 Å². The highest BCUT2D eigenvalue weighted by molar-refractivity contribution is 14.0. The predicted molar refractivity (Wildman–Crippen MR) is 124 cm³/mol. The van der Waals surface area contributed by atoms with E-state index < -0.39 is 0 Å². The molecule has 0 aliphatic rings. The molecule has 0 bridgehead atoms. The normalized spacial score (nSPS) is 11.1. The van der Waals surface area contributed by atoms with Crippen LogP contribution >= 0.6 is 24.0 Å². The molecule has 6 nitrogen and oxygen atoms in total. The van der Waals surface area contributed by atoms with Crippen LogP contribution in [0.3, 0.4) is 0 Å². The number of para-hydroxylation sites is 1. The maximum absolute atomic E-state index is 4.61. The maximum atomic E-state index is 4.61. The van der Waals surface area contributed by atoms with Gasteiger partial charge in [-0.15, -0.1) is 24.0 Å². The first-order valence-electron chi connectivity index (χ1n) is 9.05. The minimum absolute atomic E-state index is 0. The zero-order valence-electron chi connectivity index (χ0n) is 16.7. The molecule has 0 atom stereocenters. The van der Waals surface area contributed by atoms with Crippen molar-refractivity contribution in [2.45, 2.75) is 33.9 Å². The molecule has 0 amide bonds. The van der Waals surface area contributed by atoms with Gasteiger partial charge >= 0.3 is 0 Å². The number of hydrogen-bond donors (Lipinski definition) is 2. The first-order chi connectivity index (χ1) is 13.1. The summed E-state index contributed by atoms with van der Waals surface area (Å²) in [6.07, 6.45) is 0. The number of benzene rings is 1. The van der Waals surface area contributed by atoms with Crippen molar-refractivity contribution in [3.05, 3.63) is 76.9 Å². The lowest BCUT2D eigenvalue weighted by Crippen LogP contribution is -2.36. The Morgan fingerprint density at radius 2 is 1.71 bits per heavy atom. The van der Waals surface area contributed by atoms with Crippen LogP contribution in [0.5, 0.6) is 0 Å². The van der Waals surface area contributed by atoms with Gasteiger partial charge in [-0.2, -0.15) is 5.10 Å². The summed E-state index contributed by atoms with van der Waals surface area (Å²) in [7, 11) is 1.77. The zero-order chi connectivity index (χ0) is 19.2. The number of rotatable bonds is 5. The van der Waals surface area contributed by atoms with E-state index in [4.69, 9.17) is 0 Å². The van der Waals surface area contributed by atoms with E-state index in [1.165, 1.54) is 0 Å². The Morgan fingerprint density at radius 1 is 0.964 bits per heavy atom. The monoisotopic (exact) mass is 490 g/mol. The topological polar surface area (TPSA) is 67.1 Å². The summed E-state index contributed by atoms with van der Waals surface area (Å²) in [6, 6.07) is 16.4. The van der Waals surface area contributed by atoms with E-state index in [0.717, 1.165) is 40.0 Å². The number of aromatic nitrogens is 3. The molecule has 0 unspecified atom stereocenters. The molecule has 0 fully saturated rings. The Kier molecular flexibility index (Phi) is 7.98. The van der Waals surface area contributed by atoms with Gasteiger partial charge in [-0.25, -0.2) is 4.68 Å². The number of guanidine groups is 1. The third-order valence-corrected chi connectivity index (χ3v) is 4.28. The SMILES string of the molecule is CN=C(NCc1cccc(C)n1)NCc1ccccc1-n1nc(C)cc1C.I. The summed E-state index contributed by atoms with van der Waals surface area (Å²) in [4.78, 5) is 8.82. The molecule has 3 rings (SSSR count). The Hall–Kier alpha value is -2.42. The quantitative estimate of drug-likeness (QED) is 0.326. The molecule has 1 aromatic carbocycles. The van der Waals surface area contributed by atoms with Crippen molar-refractivity contribution >= 4 is 29.9 Å². The van der Waals surface area contributed by atoms with Crippen LogP contribution in [-0.4, -0.2) is 27.8 Å². The number of nitrogens with one attached hydrogen (secondary N) is 2. The van der Waals surface area contributed by atoms with Gasteiger partial charge in [0.1, 0.15) is 0 Å². The van der Waals surface area contributed by atoms with Crippen molar-refractivity contribution in [3.8, 4) is 5.69 Å². The molecular formula is C21H27IN6. The summed E-state index contributed by atoms with van der Waals surface area (Å²) in [5.41, 5.74) is 6.36. The fourth-order valence-electron chi connectivity index (χ4n) is 3.01. The molecule has 0 spiro atoms. The highest BCUT2D eigenvalue weighted by Crippen LogP contribution is 2.16. The van der Waals surface area contributed by atoms with Gasteiger partial charge in [-0.05, 0) is 50.6 Å². The van der Waals surface area contributed by atoms with E-state index in [0.29, 0.717) is 13.1 Å². The van der Waals surface area contributed by atoms with E-state index in [9.17, 15) is 0 Å². The standard InChI is InChI=1S/C21H26N6.HI/c1-15-8-7-10-19(25-15)14-24-21(22-4)23-13-18-9-5-6-11-20(18)27-17(3)12-16(2)26-27;/h5-12H,13-14H2,1-4H3,(H2,22,23,24);1H. The van der Waals surface area contributed by atoms with Gasteiger partial charge in [0.05, 0.1) is 23.6 Å². The summed E-state index contributed by atoms with van der Waals surface area (Å²) < 4.78 is 1.99. The zero-order valence-corrected chi connectivity index (χ0v) is 19.1. The Bertz CT molecular complexity index is 948. The van der Waals surface area contributed by atoms with Crippen LogP contribution in [0, 0.1) is 20.8 Å². The lowest BCUT2D eigenvalue weighted by molar-refractivity contribution is 0.773. The summed E-state index contributed by atoms with van der Waals surface area (Å²) >= 11 is 0.